The van der Waals surface area contributed by atoms with Crippen LogP contribution in [-0.2, 0) is 10.0 Å². The van der Waals surface area contributed by atoms with E-state index in [0.717, 1.165) is 18.7 Å². The van der Waals surface area contributed by atoms with E-state index >= 15 is 0 Å². The number of nitrogens with one attached hydrogen (secondary N) is 1. The topological polar surface area (TPSA) is 72.2 Å². The van der Waals surface area contributed by atoms with Crippen LogP contribution >= 0.6 is 11.8 Å². The average Bonchev–Trinajstić information content (AvgIpc) is 2.37. The number of rotatable bonds is 9. The van der Waals surface area contributed by atoms with Crippen LogP contribution in [-0.4, -0.2) is 27.0 Å². The summed E-state index contributed by atoms with van der Waals surface area (Å²) >= 11 is 1.89. The van der Waals surface area contributed by atoms with E-state index in [4.69, 9.17) is 5.14 Å². The third kappa shape index (κ3) is 6.84. The van der Waals surface area contributed by atoms with E-state index in [0.29, 0.717) is 0 Å². The molecule has 0 amide bonds. The molecule has 0 aliphatic rings. The summed E-state index contributed by atoms with van der Waals surface area (Å²) in [5.74, 6) is 1.24. The molecular formula is C13H22N2O2S2. The third-order valence-corrected chi connectivity index (χ3v) is 4.41. The zero-order valence-electron chi connectivity index (χ0n) is 11.3. The van der Waals surface area contributed by atoms with Crippen molar-refractivity contribution in [3.8, 4) is 0 Å². The lowest BCUT2D eigenvalue weighted by molar-refractivity contribution is 0.598. The van der Waals surface area contributed by atoms with Crippen molar-refractivity contribution in [2.24, 2.45) is 5.14 Å². The van der Waals surface area contributed by atoms with E-state index in [1.807, 2.05) is 11.8 Å². The Bertz CT molecular complexity index is 458. The Hall–Kier alpha value is -0.720. The molecule has 19 heavy (non-hydrogen) atoms. The second-order valence-electron chi connectivity index (χ2n) is 4.40. The van der Waals surface area contributed by atoms with E-state index in [1.165, 1.54) is 37.1 Å². The van der Waals surface area contributed by atoms with Crippen LogP contribution in [0.25, 0.3) is 0 Å². The van der Waals surface area contributed by atoms with E-state index in [9.17, 15) is 8.42 Å². The second kappa shape index (κ2) is 8.45. The van der Waals surface area contributed by atoms with Gasteiger partial charge in [0.2, 0.25) is 10.0 Å². The van der Waals surface area contributed by atoms with E-state index in [1.54, 1.807) is 12.1 Å². The van der Waals surface area contributed by atoms with Crippen LogP contribution in [0.2, 0.25) is 0 Å². The van der Waals surface area contributed by atoms with Crippen LogP contribution in [0.15, 0.2) is 29.2 Å². The highest BCUT2D eigenvalue weighted by atomic mass is 32.2. The number of benzene rings is 1. The van der Waals surface area contributed by atoms with Gasteiger partial charge in [0.15, 0.2) is 0 Å². The molecule has 0 aromatic heterocycles. The number of hydrogen-bond acceptors (Lipinski definition) is 4. The molecule has 0 aliphatic carbocycles. The van der Waals surface area contributed by atoms with Gasteiger partial charge < -0.3 is 5.32 Å². The predicted molar refractivity (Wildman–Crippen MR) is 83.2 cm³/mol. The third-order valence-electron chi connectivity index (χ3n) is 2.79. The Kier molecular flexibility index (Phi) is 7.27. The first-order valence-corrected chi connectivity index (χ1v) is 9.34. The molecule has 0 aliphatic heterocycles. The minimum absolute atomic E-state index is 0.148. The lowest BCUT2D eigenvalue weighted by atomic mass is 10.2. The monoisotopic (exact) mass is 302 g/mol. The Morgan fingerprint density at radius 1 is 1.11 bits per heavy atom. The Morgan fingerprint density at radius 3 is 2.32 bits per heavy atom. The van der Waals surface area contributed by atoms with Crippen molar-refractivity contribution in [2.75, 3.05) is 23.9 Å². The van der Waals surface area contributed by atoms with Gasteiger partial charge in [0, 0.05) is 12.2 Å². The molecule has 0 unspecified atom stereocenters. The fourth-order valence-corrected chi connectivity index (χ4v) is 2.73. The zero-order chi connectivity index (χ0) is 14.1. The van der Waals surface area contributed by atoms with Crippen LogP contribution in [0.1, 0.15) is 25.7 Å². The van der Waals surface area contributed by atoms with E-state index in [2.05, 4.69) is 11.6 Å². The smallest absolute Gasteiger partial charge is 0.238 e. The molecule has 0 heterocycles. The Balaban J connectivity index is 2.23. The van der Waals surface area contributed by atoms with Crippen LogP contribution in [0.4, 0.5) is 5.69 Å². The molecule has 3 N–H and O–H groups in total. The van der Waals surface area contributed by atoms with Gasteiger partial charge in [-0.1, -0.05) is 12.8 Å². The van der Waals surface area contributed by atoms with Crippen molar-refractivity contribution in [3.05, 3.63) is 24.3 Å². The van der Waals surface area contributed by atoms with Gasteiger partial charge >= 0.3 is 0 Å². The van der Waals surface area contributed by atoms with Gasteiger partial charge in [-0.3, -0.25) is 0 Å². The van der Waals surface area contributed by atoms with Gasteiger partial charge in [-0.2, -0.15) is 11.8 Å². The minimum Gasteiger partial charge on any atom is -0.385 e. The minimum atomic E-state index is -3.59. The number of nitrogens with two attached hydrogens (primary N) is 1. The van der Waals surface area contributed by atoms with Crippen molar-refractivity contribution < 1.29 is 8.42 Å². The highest BCUT2D eigenvalue weighted by molar-refractivity contribution is 7.98. The first-order chi connectivity index (χ1) is 9.04. The van der Waals surface area contributed by atoms with Crippen molar-refractivity contribution >= 4 is 27.5 Å². The summed E-state index contributed by atoms with van der Waals surface area (Å²) in [5.41, 5.74) is 0.927. The number of hydrogen-bond donors (Lipinski definition) is 2. The lowest BCUT2D eigenvalue weighted by Crippen LogP contribution is -2.12. The summed E-state index contributed by atoms with van der Waals surface area (Å²) < 4.78 is 22.2. The Labute approximate surface area is 120 Å². The molecule has 1 aromatic rings. The highest BCUT2D eigenvalue weighted by Gasteiger charge is 2.06. The molecule has 0 bridgehead atoms. The molecule has 0 saturated heterocycles. The molecule has 1 rings (SSSR count). The van der Waals surface area contributed by atoms with Crippen molar-refractivity contribution in [3.63, 3.8) is 0 Å². The quantitative estimate of drug-likeness (QED) is 0.688. The molecule has 0 atom stereocenters. The SMILES string of the molecule is CSCCCCCCNc1ccc(S(N)(=O)=O)cc1. The van der Waals surface area contributed by atoms with Gasteiger partial charge in [-0.15, -0.1) is 0 Å². The average molecular weight is 302 g/mol. The molecule has 0 radical (unpaired) electrons. The van der Waals surface area contributed by atoms with Gasteiger partial charge in [0.25, 0.3) is 0 Å². The highest BCUT2D eigenvalue weighted by Crippen LogP contribution is 2.13. The molecule has 4 nitrogen and oxygen atoms in total. The molecular weight excluding hydrogens is 280 g/mol. The van der Waals surface area contributed by atoms with Gasteiger partial charge in [-0.25, -0.2) is 13.6 Å². The fourth-order valence-electron chi connectivity index (χ4n) is 1.72. The van der Waals surface area contributed by atoms with Gasteiger partial charge in [0.05, 0.1) is 4.90 Å². The molecule has 108 valence electrons. The first-order valence-electron chi connectivity index (χ1n) is 6.40. The predicted octanol–water partition coefficient (Wildman–Crippen LogP) is 2.67. The molecule has 6 heteroatoms. The standard InChI is InChI=1S/C13H22N2O2S2/c1-18-11-5-3-2-4-10-15-12-6-8-13(9-7-12)19(14,16)17/h6-9,15H,2-5,10-11H2,1H3,(H2,14,16,17). The molecule has 1 aromatic carbocycles. The van der Waals surface area contributed by atoms with Crippen molar-refractivity contribution in [1.82, 2.24) is 0 Å². The largest absolute Gasteiger partial charge is 0.385 e. The maximum atomic E-state index is 11.1. The molecule has 0 fully saturated rings. The van der Waals surface area contributed by atoms with Crippen molar-refractivity contribution in [2.45, 2.75) is 30.6 Å². The van der Waals surface area contributed by atoms with Crippen LogP contribution in [0, 0.1) is 0 Å². The van der Waals surface area contributed by atoms with Gasteiger partial charge in [0.1, 0.15) is 0 Å². The van der Waals surface area contributed by atoms with Gasteiger partial charge in [-0.05, 0) is 49.1 Å². The second-order valence-corrected chi connectivity index (χ2v) is 6.95. The summed E-state index contributed by atoms with van der Waals surface area (Å²) in [6.07, 6.45) is 7.04. The summed E-state index contributed by atoms with van der Waals surface area (Å²) in [5, 5.41) is 8.31. The number of unbranched alkanes of at least 4 members (excludes halogenated alkanes) is 3. The summed E-state index contributed by atoms with van der Waals surface area (Å²) in [6, 6.07) is 6.53. The maximum absolute atomic E-state index is 11.1. The maximum Gasteiger partial charge on any atom is 0.238 e. The summed E-state index contributed by atoms with van der Waals surface area (Å²) in [4.78, 5) is 0.148. The number of primary sulfonamides is 1. The number of anilines is 1. The van der Waals surface area contributed by atoms with Crippen molar-refractivity contribution in [1.29, 1.82) is 0 Å². The van der Waals surface area contributed by atoms with Crippen LogP contribution in [0.5, 0.6) is 0 Å². The fraction of sp³-hybridized carbons (Fsp3) is 0.538. The summed E-state index contributed by atoms with van der Waals surface area (Å²) in [7, 11) is -3.59. The lowest BCUT2D eigenvalue weighted by Gasteiger charge is -2.07. The zero-order valence-corrected chi connectivity index (χ0v) is 12.9. The van der Waals surface area contributed by atoms with E-state index < -0.39 is 10.0 Å². The number of thioether (sulfide) groups is 1. The summed E-state index contributed by atoms with van der Waals surface area (Å²) in [6.45, 7) is 0.911. The van der Waals surface area contributed by atoms with Crippen LogP contribution < -0.4 is 10.5 Å². The van der Waals surface area contributed by atoms with Crippen LogP contribution in [0.3, 0.4) is 0 Å². The molecule has 0 saturated carbocycles. The number of sulfonamides is 1. The van der Waals surface area contributed by atoms with E-state index in [-0.39, 0.29) is 4.90 Å². The normalized spacial score (nSPS) is 11.5. The molecule has 0 spiro atoms. The first kappa shape index (κ1) is 16.3. The Morgan fingerprint density at radius 2 is 1.74 bits per heavy atom.